The summed E-state index contributed by atoms with van der Waals surface area (Å²) in [5.41, 5.74) is 8.35. The van der Waals surface area contributed by atoms with Crippen LogP contribution in [-0.4, -0.2) is 4.98 Å². The number of aromatic nitrogens is 1. The summed E-state index contributed by atoms with van der Waals surface area (Å²) in [6, 6.07) is 5.76. The maximum atomic E-state index is 6.21. The summed E-state index contributed by atoms with van der Waals surface area (Å²) in [6.45, 7) is 1.99. The molecule has 2 N–H and O–H groups in total. The molecular weight excluding hydrogens is 367 g/mol. The van der Waals surface area contributed by atoms with Gasteiger partial charge >= 0.3 is 0 Å². The van der Waals surface area contributed by atoms with Crippen molar-refractivity contribution in [3.05, 3.63) is 48.4 Å². The summed E-state index contributed by atoms with van der Waals surface area (Å²) >= 11 is 9.94. The van der Waals surface area contributed by atoms with Gasteiger partial charge < -0.3 is 5.73 Å². The van der Waals surface area contributed by atoms with E-state index in [4.69, 9.17) is 17.3 Å². The maximum Gasteiger partial charge on any atom is 0.0947 e. The molecule has 0 aliphatic heterocycles. The predicted molar refractivity (Wildman–Crippen MR) is 81.7 cm³/mol. The van der Waals surface area contributed by atoms with Crippen LogP contribution in [0.2, 0.25) is 5.02 Å². The lowest BCUT2D eigenvalue weighted by Crippen LogP contribution is -2.14. The number of nitrogens with zero attached hydrogens (tertiary/aromatic N) is 1. The third kappa shape index (κ3) is 3.40. The molecule has 0 amide bonds. The van der Waals surface area contributed by atoms with Gasteiger partial charge in [0.25, 0.3) is 0 Å². The van der Waals surface area contributed by atoms with E-state index in [1.807, 2.05) is 30.5 Å². The molecule has 2 nitrogen and oxygen atoms in total. The predicted octanol–water partition coefficient (Wildman–Crippen LogP) is 3.95. The topological polar surface area (TPSA) is 38.9 Å². The fourth-order valence-corrected chi connectivity index (χ4v) is 3.34. The summed E-state index contributed by atoms with van der Waals surface area (Å²) in [5.74, 6) is 0. The third-order valence-corrected chi connectivity index (χ3v) is 4.63. The molecular formula is C12H12ClIN2S. The second-order valence-corrected chi connectivity index (χ2v) is 6.40. The van der Waals surface area contributed by atoms with Crippen molar-refractivity contribution in [3.63, 3.8) is 0 Å². The van der Waals surface area contributed by atoms with Crippen molar-refractivity contribution in [2.45, 2.75) is 19.4 Å². The van der Waals surface area contributed by atoms with Crippen LogP contribution in [0.3, 0.4) is 0 Å². The Bertz CT molecular complexity index is 527. The molecule has 1 atom stereocenters. The second-order valence-electron chi connectivity index (χ2n) is 3.86. The smallest absolute Gasteiger partial charge is 0.0947 e. The minimum atomic E-state index is -0.0499. The van der Waals surface area contributed by atoms with Crippen molar-refractivity contribution in [2.75, 3.05) is 0 Å². The van der Waals surface area contributed by atoms with Gasteiger partial charge in [-0.25, -0.2) is 4.98 Å². The highest BCUT2D eigenvalue weighted by molar-refractivity contribution is 14.1. The number of halogens is 2. The average molecular weight is 379 g/mol. The minimum Gasteiger partial charge on any atom is -0.324 e. The van der Waals surface area contributed by atoms with Gasteiger partial charge in [0.15, 0.2) is 0 Å². The van der Waals surface area contributed by atoms with E-state index in [0.717, 1.165) is 31.3 Å². The van der Waals surface area contributed by atoms with E-state index in [1.165, 1.54) is 0 Å². The lowest BCUT2D eigenvalue weighted by molar-refractivity contribution is 0.713. The Morgan fingerprint density at radius 3 is 2.94 bits per heavy atom. The zero-order chi connectivity index (χ0) is 12.4. The van der Waals surface area contributed by atoms with Crippen LogP contribution in [0.15, 0.2) is 23.6 Å². The molecule has 0 radical (unpaired) electrons. The van der Waals surface area contributed by atoms with E-state index in [0.29, 0.717) is 0 Å². The van der Waals surface area contributed by atoms with Gasteiger partial charge in [-0.3, -0.25) is 0 Å². The van der Waals surface area contributed by atoms with Gasteiger partial charge in [0.2, 0.25) is 0 Å². The molecule has 1 aromatic heterocycles. The first-order valence-corrected chi connectivity index (χ1v) is 7.51. The lowest BCUT2D eigenvalue weighted by Gasteiger charge is -2.12. The van der Waals surface area contributed by atoms with E-state index in [2.05, 4.69) is 27.6 Å². The quantitative estimate of drug-likeness (QED) is 0.821. The fourth-order valence-electron chi connectivity index (χ4n) is 1.59. The molecule has 0 aliphatic carbocycles. The molecule has 2 aromatic rings. The van der Waals surface area contributed by atoms with Crippen molar-refractivity contribution in [2.24, 2.45) is 5.73 Å². The molecule has 0 saturated carbocycles. The zero-order valence-corrected chi connectivity index (χ0v) is 13.0. The number of rotatable bonds is 3. The number of nitrogens with two attached hydrogens (primary N) is 1. The summed E-state index contributed by atoms with van der Waals surface area (Å²) < 4.78 is 1.15. The van der Waals surface area contributed by atoms with Gasteiger partial charge in [0, 0.05) is 32.1 Å². The van der Waals surface area contributed by atoms with Crippen LogP contribution in [0, 0.1) is 10.5 Å². The van der Waals surface area contributed by atoms with Crippen molar-refractivity contribution in [1.82, 2.24) is 4.98 Å². The first kappa shape index (κ1) is 13.3. The molecule has 0 fully saturated rings. The monoisotopic (exact) mass is 378 g/mol. The van der Waals surface area contributed by atoms with Crippen molar-refractivity contribution >= 4 is 45.5 Å². The van der Waals surface area contributed by atoms with Crippen LogP contribution in [0.1, 0.15) is 22.3 Å². The summed E-state index contributed by atoms with van der Waals surface area (Å²) in [7, 11) is 0. The Balaban J connectivity index is 2.19. The first-order valence-electron chi connectivity index (χ1n) is 5.18. The summed E-state index contributed by atoms with van der Waals surface area (Å²) in [5, 5.41) is 3.85. The molecule has 0 saturated heterocycles. The average Bonchev–Trinajstić information content (AvgIpc) is 2.67. The Hall–Kier alpha value is -0.170. The van der Waals surface area contributed by atoms with Gasteiger partial charge in [-0.05, 0) is 53.3 Å². The van der Waals surface area contributed by atoms with E-state index in [9.17, 15) is 0 Å². The highest BCUT2D eigenvalue weighted by Gasteiger charge is 2.13. The Kier molecular flexibility index (Phi) is 4.41. The van der Waals surface area contributed by atoms with Crippen molar-refractivity contribution < 1.29 is 0 Å². The molecule has 1 heterocycles. The number of thiazole rings is 1. The number of hydrogen-bond acceptors (Lipinski definition) is 3. The first-order chi connectivity index (χ1) is 8.06. The van der Waals surface area contributed by atoms with Crippen LogP contribution in [-0.2, 0) is 6.42 Å². The van der Waals surface area contributed by atoms with E-state index in [1.54, 1.807) is 11.3 Å². The fraction of sp³-hybridized carbons (Fsp3) is 0.250. The largest absolute Gasteiger partial charge is 0.324 e. The Morgan fingerprint density at radius 1 is 1.53 bits per heavy atom. The highest BCUT2D eigenvalue weighted by Crippen LogP contribution is 2.25. The molecule has 0 bridgehead atoms. The number of aryl methyl sites for hydroxylation is 1. The van der Waals surface area contributed by atoms with E-state index >= 15 is 0 Å². The van der Waals surface area contributed by atoms with Crippen LogP contribution < -0.4 is 5.73 Å². The number of hydrogen-bond donors (Lipinski definition) is 1. The van der Waals surface area contributed by atoms with Gasteiger partial charge in [-0.1, -0.05) is 11.6 Å². The molecule has 0 aliphatic rings. The normalized spacial score (nSPS) is 12.7. The van der Waals surface area contributed by atoms with Gasteiger partial charge in [-0.2, -0.15) is 0 Å². The second kappa shape index (κ2) is 5.65. The van der Waals surface area contributed by atoms with Gasteiger partial charge in [-0.15, -0.1) is 11.3 Å². The van der Waals surface area contributed by atoms with Crippen molar-refractivity contribution in [1.29, 1.82) is 0 Å². The minimum absolute atomic E-state index is 0.0499. The zero-order valence-electron chi connectivity index (χ0n) is 9.28. The van der Waals surface area contributed by atoms with Crippen LogP contribution in [0.25, 0.3) is 0 Å². The molecule has 0 spiro atoms. The maximum absolute atomic E-state index is 6.21. The van der Waals surface area contributed by atoms with E-state index < -0.39 is 0 Å². The molecule has 5 heteroatoms. The Labute approximate surface area is 123 Å². The molecule has 90 valence electrons. The Morgan fingerprint density at radius 2 is 2.29 bits per heavy atom. The molecule has 1 aromatic carbocycles. The SMILES string of the molecule is Cc1csc(CC(N)c2cc(Cl)ccc2I)n1. The molecule has 1 unspecified atom stereocenters. The van der Waals surface area contributed by atoms with Crippen molar-refractivity contribution in [3.8, 4) is 0 Å². The van der Waals surface area contributed by atoms with Crippen LogP contribution in [0.4, 0.5) is 0 Å². The van der Waals surface area contributed by atoms with Crippen LogP contribution in [0.5, 0.6) is 0 Å². The van der Waals surface area contributed by atoms with Gasteiger partial charge in [0.05, 0.1) is 5.01 Å². The molecule has 2 rings (SSSR count). The van der Waals surface area contributed by atoms with Crippen LogP contribution >= 0.6 is 45.5 Å². The third-order valence-electron chi connectivity index (χ3n) is 2.42. The standard InChI is InChI=1S/C12H12ClIN2S/c1-7-6-17-12(16-7)5-11(15)9-4-8(13)2-3-10(9)14/h2-4,6,11H,5,15H2,1H3. The molecule has 17 heavy (non-hydrogen) atoms. The van der Waals surface area contributed by atoms with E-state index in [-0.39, 0.29) is 6.04 Å². The highest BCUT2D eigenvalue weighted by atomic mass is 127. The lowest BCUT2D eigenvalue weighted by atomic mass is 10.1. The van der Waals surface area contributed by atoms with Gasteiger partial charge in [0.1, 0.15) is 0 Å². The summed E-state index contributed by atoms with van der Waals surface area (Å²) in [6.07, 6.45) is 0.759. The number of benzene rings is 1. The summed E-state index contributed by atoms with van der Waals surface area (Å²) in [4.78, 5) is 4.43.